The minimum absolute atomic E-state index is 0.0306. The standard InChI is InChI=1S/C15H18N2O4S/c18-11(9-21-12-4-2-1-3-5-12)8-17-13(19)15(16-14(17)20)6-7-22-10-15/h1-5,11,18H,6-10H2,(H,16,20)/t11-,15-/m1/s1. The number of para-hydroxylation sites is 1. The van der Waals surface area contributed by atoms with Gasteiger partial charge in [-0.3, -0.25) is 9.69 Å². The monoisotopic (exact) mass is 322 g/mol. The van der Waals surface area contributed by atoms with Gasteiger partial charge in [-0.05, 0) is 24.3 Å². The topological polar surface area (TPSA) is 78.9 Å². The fraction of sp³-hybridized carbons (Fsp3) is 0.467. The maximum Gasteiger partial charge on any atom is 0.325 e. The molecule has 3 amide bonds. The van der Waals surface area contributed by atoms with Gasteiger partial charge < -0.3 is 15.2 Å². The van der Waals surface area contributed by atoms with E-state index in [1.54, 1.807) is 23.9 Å². The van der Waals surface area contributed by atoms with E-state index in [1.807, 2.05) is 18.2 Å². The number of nitrogens with zero attached hydrogens (tertiary/aromatic N) is 1. The third kappa shape index (κ3) is 2.91. The third-order valence-electron chi connectivity index (χ3n) is 3.85. The molecule has 0 radical (unpaired) electrons. The smallest absolute Gasteiger partial charge is 0.325 e. The number of aliphatic hydroxyl groups excluding tert-OH is 1. The van der Waals surface area contributed by atoms with Crippen LogP contribution < -0.4 is 10.1 Å². The highest BCUT2D eigenvalue weighted by molar-refractivity contribution is 7.99. The first-order valence-electron chi connectivity index (χ1n) is 7.18. The summed E-state index contributed by atoms with van der Waals surface area (Å²) >= 11 is 1.66. The molecule has 1 spiro atoms. The van der Waals surface area contributed by atoms with Gasteiger partial charge in [0.1, 0.15) is 24.0 Å². The molecular weight excluding hydrogens is 304 g/mol. The van der Waals surface area contributed by atoms with Crippen molar-refractivity contribution in [1.29, 1.82) is 0 Å². The molecule has 2 aliphatic rings. The average molecular weight is 322 g/mol. The van der Waals surface area contributed by atoms with Crippen LogP contribution in [-0.2, 0) is 4.79 Å². The van der Waals surface area contributed by atoms with Gasteiger partial charge in [0.15, 0.2) is 0 Å². The predicted octanol–water partition coefficient (Wildman–Crippen LogP) is 0.854. The zero-order chi connectivity index (χ0) is 15.6. The molecule has 2 atom stereocenters. The zero-order valence-electron chi connectivity index (χ0n) is 12.0. The lowest BCUT2D eigenvalue weighted by molar-refractivity contribution is -0.131. The van der Waals surface area contributed by atoms with Gasteiger partial charge in [0.2, 0.25) is 0 Å². The van der Waals surface area contributed by atoms with Crippen LogP contribution in [0.1, 0.15) is 6.42 Å². The van der Waals surface area contributed by atoms with Crippen molar-refractivity contribution in [1.82, 2.24) is 10.2 Å². The van der Waals surface area contributed by atoms with Crippen molar-refractivity contribution < 1.29 is 19.4 Å². The van der Waals surface area contributed by atoms with Crippen LogP contribution in [0.25, 0.3) is 0 Å². The number of benzene rings is 1. The van der Waals surface area contributed by atoms with Crippen LogP contribution in [0.5, 0.6) is 5.75 Å². The highest BCUT2D eigenvalue weighted by atomic mass is 32.2. The molecule has 7 heteroatoms. The second kappa shape index (κ2) is 6.18. The maximum absolute atomic E-state index is 12.4. The van der Waals surface area contributed by atoms with Crippen molar-refractivity contribution >= 4 is 23.7 Å². The van der Waals surface area contributed by atoms with E-state index in [-0.39, 0.29) is 19.1 Å². The summed E-state index contributed by atoms with van der Waals surface area (Å²) in [6.45, 7) is -0.0211. The van der Waals surface area contributed by atoms with Gasteiger partial charge in [-0.2, -0.15) is 11.8 Å². The van der Waals surface area contributed by atoms with Crippen LogP contribution in [0.15, 0.2) is 30.3 Å². The lowest BCUT2D eigenvalue weighted by Crippen LogP contribution is -2.47. The first kappa shape index (κ1) is 15.2. The van der Waals surface area contributed by atoms with E-state index < -0.39 is 17.7 Å². The number of ether oxygens (including phenoxy) is 1. The third-order valence-corrected chi connectivity index (χ3v) is 5.04. The molecule has 2 aliphatic heterocycles. The second-order valence-corrected chi connectivity index (χ2v) is 6.61. The van der Waals surface area contributed by atoms with Crippen LogP contribution in [0, 0.1) is 0 Å². The molecule has 0 bridgehead atoms. The number of hydrogen-bond acceptors (Lipinski definition) is 5. The van der Waals surface area contributed by atoms with Crippen LogP contribution >= 0.6 is 11.8 Å². The minimum atomic E-state index is -0.917. The fourth-order valence-corrected chi connectivity index (χ4v) is 3.97. The number of rotatable bonds is 5. The van der Waals surface area contributed by atoms with E-state index in [0.717, 1.165) is 10.7 Å². The number of thioether (sulfide) groups is 1. The Kier molecular flexibility index (Phi) is 4.26. The summed E-state index contributed by atoms with van der Waals surface area (Å²) in [4.78, 5) is 25.5. The van der Waals surface area contributed by atoms with E-state index in [4.69, 9.17) is 4.74 Å². The number of hydrogen-bond donors (Lipinski definition) is 2. The second-order valence-electron chi connectivity index (χ2n) is 5.51. The molecule has 2 N–H and O–H groups in total. The number of carbonyl (C=O) groups is 2. The van der Waals surface area contributed by atoms with Gasteiger partial charge in [0, 0.05) is 5.75 Å². The number of amides is 3. The number of urea groups is 1. The van der Waals surface area contributed by atoms with Crippen LogP contribution in [-0.4, -0.2) is 58.2 Å². The maximum atomic E-state index is 12.4. The van der Waals surface area contributed by atoms with Crippen LogP contribution in [0.4, 0.5) is 4.79 Å². The van der Waals surface area contributed by atoms with E-state index in [1.165, 1.54) is 0 Å². The predicted molar refractivity (Wildman–Crippen MR) is 82.9 cm³/mol. The molecule has 3 rings (SSSR count). The van der Waals surface area contributed by atoms with Gasteiger partial charge in [-0.15, -0.1) is 0 Å². The minimum Gasteiger partial charge on any atom is -0.491 e. The Balaban J connectivity index is 1.56. The van der Waals surface area contributed by atoms with Crippen molar-refractivity contribution in [3.8, 4) is 5.75 Å². The summed E-state index contributed by atoms with van der Waals surface area (Å²) in [7, 11) is 0. The van der Waals surface area contributed by atoms with E-state index in [2.05, 4.69) is 5.32 Å². The van der Waals surface area contributed by atoms with E-state index >= 15 is 0 Å². The van der Waals surface area contributed by atoms with Crippen molar-refractivity contribution in [3.05, 3.63) is 30.3 Å². The zero-order valence-corrected chi connectivity index (χ0v) is 12.8. The van der Waals surface area contributed by atoms with Crippen LogP contribution in [0.3, 0.4) is 0 Å². The van der Waals surface area contributed by atoms with Crippen molar-refractivity contribution in [3.63, 3.8) is 0 Å². The molecule has 1 aromatic rings. The lowest BCUT2D eigenvalue weighted by atomic mass is 9.99. The molecule has 2 saturated heterocycles. The Morgan fingerprint density at radius 1 is 1.36 bits per heavy atom. The van der Waals surface area contributed by atoms with Crippen molar-refractivity contribution in [2.45, 2.75) is 18.1 Å². The number of carbonyl (C=O) groups excluding carboxylic acids is 2. The molecule has 22 heavy (non-hydrogen) atoms. The summed E-state index contributed by atoms with van der Waals surface area (Å²) in [6, 6.07) is 8.68. The van der Waals surface area contributed by atoms with E-state index in [0.29, 0.717) is 17.9 Å². The van der Waals surface area contributed by atoms with Gasteiger partial charge in [0.25, 0.3) is 5.91 Å². The fourth-order valence-electron chi connectivity index (χ4n) is 2.65. The van der Waals surface area contributed by atoms with Crippen molar-refractivity contribution in [2.24, 2.45) is 0 Å². The first-order chi connectivity index (χ1) is 10.6. The van der Waals surface area contributed by atoms with Gasteiger partial charge in [-0.25, -0.2) is 4.79 Å². The Hall–Kier alpha value is -1.73. The lowest BCUT2D eigenvalue weighted by Gasteiger charge is -2.21. The first-order valence-corrected chi connectivity index (χ1v) is 8.34. The Morgan fingerprint density at radius 2 is 2.14 bits per heavy atom. The normalized spacial score (nSPS) is 25.6. The number of imide groups is 1. The molecule has 0 saturated carbocycles. The molecular formula is C15H18N2O4S. The highest BCUT2D eigenvalue weighted by Gasteiger charge is 2.53. The average Bonchev–Trinajstić information content (AvgIpc) is 3.08. The molecule has 0 unspecified atom stereocenters. The molecule has 2 heterocycles. The molecule has 1 aromatic carbocycles. The Labute approximate surface area is 132 Å². The summed E-state index contributed by atoms with van der Waals surface area (Å²) in [5, 5.41) is 12.8. The molecule has 2 fully saturated rings. The molecule has 118 valence electrons. The van der Waals surface area contributed by atoms with Crippen LogP contribution in [0.2, 0.25) is 0 Å². The van der Waals surface area contributed by atoms with Gasteiger partial charge in [-0.1, -0.05) is 18.2 Å². The van der Waals surface area contributed by atoms with E-state index in [9.17, 15) is 14.7 Å². The summed E-state index contributed by atoms with van der Waals surface area (Å²) in [5.41, 5.74) is -0.762. The van der Waals surface area contributed by atoms with Gasteiger partial charge in [0.05, 0.1) is 6.54 Å². The number of nitrogens with one attached hydrogen (secondary N) is 1. The molecule has 6 nitrogen and oxygen atoms in total. The summed E-state index contributed by atoms with van der Waals surface area (Å²) in [5.74, 6) is 1.87. The highest BCUT2D eigenvalue weighted by Crippen LogP contribution is 2.33. The molecule has 0 aromatic heterocycles. The van der Waals surface area contributed by atoms with Gasteiger partial charge >= 0.3 is 6.03 Å². The SMILES string of the molecule is O=C1N[C@@]2(CCSC2)C(=O)N1C[C@@H](O)COc1ccccc1. The molecule has 0 aliphatic carbocycles. The summed E-state index contributed by atoms with van der Waals surface area (Å²) in [6.07, 6.45) is -0.269. The largest absolute Gasteiger partial charge is 0.491 e. The number of aliphatic hydroxyl groups is 1. The quantitative estimate of drug-likeness (QED) is 0.786. The Bertz CT molecular complexity index is 560. The Morgan fingerprint density at radius 3 is 2.82 bits per heavy atom. The summed E-state index contributed by atoms with van der Waals surface area (Å²) < 4.78 is 5.44. The van der Waals surface area contributed by atoms with Crippen molar-refractivity contribution in [2.75, 3.05) is 24.7 Å². The number of β-amino-alcohol motifs (C(OH)–C–C–N with tert-alkyl or cyclic N) is 1.